The van der Waals surface area contributed by atoms with Crippen LogP contribution >= 0.6 is 22.9 Å². The molecule has 1 aromatic heterocycles. The molecule has 1 aliphatic heterocycles. The molecule has 0 radical (unpaired) electrons. The maximum Gasteiger partial charge on any atom is 0.281 e. The van der Waals surface area contributed by atoms with E-state index in [4.69, 9.17) is 22.1 Å². The molecule has 2 aromatic rings. The molecule has 0 bridgehead atoms. The van der Waals surface area contributed by atoms with Gasteiger partial charge in [0.15, 0.2) is 0 Å². The van der Waals surface area contributed by atoms with Crippen molar-refractivity contribution in [3.05, 3.63) is 50.9 Å². The van der Waals surface area contributed by atoms with Crippen molar-refractivity contribution in [3.63, 3.8) is 0 Å². The van der Waals surface area contributed by atoms with Gasteiger partial charge in [-0.25, -0.2) is 13.8 Å². The Bertz CT molecular complexity index is 690. The van der Waals surface area contributed by atoms with Gasteiger partial charge in [0.25, 0.3) is 6.43 Å². The number of thiazole rings is 1. The van der Waals surface area contributed by atoms with E-state index in [0.717, 1.165) is 31.5 Å². The normalized spacial score (nSPS) is 17.7. The maximum absolute atomic E-state index is 13.1. The summed E-state index contributed by atoms with van der Waals surface area (Å²) in [5.41, 5.74) is 8.32. The van der Waals surface area contributed by atoms with Crippen LogP contribution in [0.25, 0.3) is 0 Å². The van der Waals surface area contributed by atoms with Crippen molar-refractivity contribution in [2.24, 2.45) is 5.73 Å². The van der Waals surface area contributed by atoms with Crippen LogP contribution in [0.15, 0.2) is 29.8 Å². The Hall–Kier alpha value is -1.12. The first-order chi connectivity index (χ1) is 12.6. The number of rotatable bonds is 7. The second-order valence-electron chi connectivity index (χ2n) is 6.33. The molecule has 0 spiro atoms. The van der Waals surface area contributed by atoms with Crippen molar-refractivity contribution in [1.29, 1.82) is 0 Å². The zero-order valence-corrected chi connectivity index (χ0v) is 15.9. The van der Waals surface area contributed by atoms with E-state index in [0.29, 0.717) is 23.1 Å². The van der Waals surface area contributed by atoms with Gasteiger partial charge in [0, 0.05) is 24.7 Å². The first kappa shape index (κ1) is 19.6. The Balaban J connectivity index is 1.53. The van der Waals surface area contributed by atoms with Gasteiger partial charge in [-0.15, -0.1) is 11.3 Å². The van der Waals surface area contributed by atoms with Crippen molar-refractivity contribution in [2.45, 2.75) is 38.0 Å². The van der Waals surface area contributed by atoms with E-state index < -0.39 is 6.43 Å². The third-order valence-corrected chi connectivity index (χ3v) is 5.87. The molecule has 4 nitrogen and oxygen atoms in total. The van der Waals surface area contributed by atoms with Gasteiger partial charge >= 0.3 is 0 Å². The SMILES string of the molecule is NCC(c1scnc1C(F)F)N1CCC(OCc2ccc(Cl)cc2)CC1. The summed E-state index contributed by atoms with van der Waals surface area (Å²) >= 11 is 7.14. The number of ether oxygens (including phenoxy) is 1. The smallest absolute Gasteiger partial charge is 0.281 e. The molecule has 3 rings (SSSR count). The van der Waals surface area contributed by atoms with Crippen LogP contribution in [0.3, 0.4) is 0 Å². The van der Waals surface area contributed by atoms with Crippen LogP contribution in [-0.4, -0.2) is 35.6 Å². The molecule has 2 heterocycles. The molecule has 1 aliphatic rings. The highest BCUT2D eigenvalue weighted by Crippen LogP contribution is 2.34. The fourth-order valence-corrected chi connectivity index (χ4v) is 4.32. The van der Waals surface area contributed by atoms with Gasteiger partial charge in [0.1, 0.15) is 5.69 Å². The Morgan fingerprint density at radius 1 is 1.27 bits per heavy atom. The first-order valence-electron chi connectivity index (χ1n) is 8.60. The summed E-state index contributed by atoms with van der Waals surface area (Å²) in [5, 5.41) is 0.709. The van der Waals surface area contributed by atoms with Gasteiger partial charge in [-0.2, -0.15) is 0 Å². The Labute approximate surface area is 160 Å². The zero-order valence-electron chi connectivity index (χ0n) is 14.3. The van der Waals surface area contributed by atoms with Crippen molar-refractivity contribution < 1.29 is 13.5 Å². The third kappa shape index (κ3) is 4.78. The second kappa shape index (κ2) is 9.19. The summed E-state index contributed by atoms with van der Waals surface area (Å²) in [4.78, 5) is 6.57. The second-order valence-corrected chi connectivity index (χ2v) is 7.65. The quantitative estimate of drug-likeness (QED) is 0.746. The molecular formula is C18H22ClF2N3OS. The molecule has 8 heteroatoms. The molecule has 26 heavy (non-hydrogen) atoms. The van der Waals surface area contributed by atoms with Crippen LogP contribution in [0.4, 0.5) is 8.78 Å². The molecular weight excluding hydrogens is 380 g/mol. The average Bonchev–Trinajstić information content (AvgIpc) is 3.13. The number of piperidine rings is 1. The van der Waals surface area contributed by atoms with Gasteiger partial charge in [0.2, 0.25) is 0 Å². The van der Waals surface area contributed by atoms with E-state index in [9.17, 15) is 8.78 Å². The Morgan fingerprint density at radius 2 is 1.96 bits per heavy atom. The summed E-state index contributed by atoms with van der Waals surface area (Å²) < 4.78 is 32.3. The number of halogens is 3. The van der Waals surface area contributed by atoms with Crippen molar-refractivity contribution in [2.75, 3.05) is 19.6 Å². The van der Waals surface area contributed by atoms with Crippen LogP contribution in [-0.2, 0) is 11.3 Å². The number of nitrogens with two attached hydrogens (primary N) is 1. The molecule has 142 valence electrons. The predicted molar refractivity (Wildman–Crippen MR) is 99.7 cm³/mol. The van der Waals surface area contributed by atoms with Crippen LogP contribution in [0.5, 0.6) is 0 Å². The highest BCUT2D eigenvalue weighted by molar-refractivity contribution is 7.09. The van der Waals surface area contributed by atoms with Crippen molar-refractivity contribution >= 4 is 22.9 Å². The van der Waals surface area contributed by atoms with Crippen LogP contribution in [0.2, 0.25) is 5.02 Å². The predicted octanol–water partition coefficient (Wildman–Crippen LogP) is 4.42. The maximum atomic E-state index is 13.1. The number of hydrogen-bond donors (Lipinski definition) is 1. The largest absolute Gasteiger partial charge is 0.373 e. The van der Waals surface area contributed by atoms with E-state index in [1.807, 2.05) is 24.3 Å². The van der Waals surface area contributed by atoms with Crippen molar-refractivity contribution in [1.82, 2.24) is 9.88 Å². The minimum absolute atomic E-state index is 0.133. The lowest BCUT2D eigenvalue weighted by Crippen LogP contribution is -2.41. The Morgan fingerprint density at radius 3 is 2.58 bits per heavy atom. The molecule has 1 saturated heterocycles. The molecule has 0 saturated carbocycles. The van der Waals surface area contributed by atoms with Gasteiger partial charge < -0.3 is 10.5 Å². The van der Waals surface area contributed by atoms with Crippen LogP contribution in [0, 0.1) is 0 Å². The van der Waals surface area contributed by atoms with E-state index in [-0.39, 0.29) is 17.8 Å². The first-order valence-corrected chi connectivity index (χ1v) is 9.85. The molecule has 2 N–H and O–H groups in total. The van der Waals surface area contributed by atoms with Crippen molar-refractivity contribution in [3.8, 4) is 0 Å². The van der Waals surface area contributed by atoms with E-state index in [1.165, 1.54) is 16.8 Å². The summed E-state index contributed by atoms with van der Waals surface area (Å²) in [6.07, 6.45) is -0.693. The molecule has 1 atom stereocenters. The fourth-order valence-electron chi connectivity index (χ4n) is 3.25. The summed E-state index contributed by atoms with van der Waals surface area (Å²) in [6, 6.07) is 7.41. The third-order valence-electron chi connectivity index (χ3n) is 4.67. The Kier molecular flexibility index (Phi) is 6.94. The zero-order chi connectivity index (χ0) is 18.5. The lowest BCUT2D eigenvalue weighted by molar-refractivity contribution is -0.0106. The lowest BCUT2D eigenvalue weighted by atomic mass is 10.0. The van der Waals surface area contributed by atoms with Gasteiger partial charge in [0.05, 0.1) is 29.1 Å². The number of benzene rings is 1. The minimum atomic E-state index is -2.56. The molecule has 1 fully saturated rings. The van der Waals surface area contributed by atoms with E-state index in [2.05, 4.69) is 9.88 Å². The topological polar surface area (TPSA) is 51.4 Å². The number of nitrogens with zero attached hydrogens (tertiary/aromatic N) is 2. The molecule has 0 aliphatic carbocycles. The van der Waals surface area contributed by atoms with Gasteiger partial charge in [-0.3, -0.25) is 4.90 Å². The van der Waals surface area contributed by atoms with E-state index in [1.54, 1.807) is 0 Å². The van der Waals surface area contributed by atoms with Gasteiger partial charge in [-0.1, -0.05) is 23.7 Å². The van der Waals surface area contributed by atoms with Crippen LogP contribution < -0.4 is 5.73 Å². The standard InChI is InChI=1S/C18H22ClF2N3OS/c19-13-3-1-12(2-4-13)10-25-14-5-7-24(8-6-14)15(9-22)17-16(18(20)21)23-11-26-17/h1-4,11,14-15,18H,5-10,22H2. The number of hydrogen-bond acceptors (Lipinski definition) is 5. The molecule has 0 amide bonds. The summed E-state index contributed by atoms with van der Waals surface area (Å²) in [6.45, 7) is 2.40. The van der Waals surface area contributed by atoms with E-state index >= 15 is 0 Å². The van der Waals surface area contributed by atoms with Gasteiger partial charge in [-0.05, 0) is 30.5 Å². The highest BCUT2D eigenvalue weighted by atomic mass is 35.5. The molecule has 1 unspecified atom stereocenters. The monoisotopic (exact) mass is 401 g/mol. The number of alkyl halides is 2. The highest BCUT2D eigenvalue weighted by Gasteiger charge is 2.30. The van der Waals surface area contributed by atoms with Crippen LogP contribution in [0.1, 0.15) is 41.4 Å². The number of likely N-dealkylation sites (tertiary alicyclic amines) is 1. The fraction of sp³-hybridized carbons (Fsp3) is 0.500. The molecule has 1 aromatic carbocycles. The summed E-state index contributed by atoms with van der Waals surface area (Å²) in [7, 11) is 0. The summed E-state index contributed by atoms with van der Waals surface area (Å²) in [5.74, 6) is 0. The lowest BCUT2D eigenvalue weighted by Gasteiger charge is -2.36. The minimum Gasteiger partial charge on any atom is -0.373 e. The number of aromatic nitrogens is 1. The average molecular weight is 402 g/mol.